The average Bonchev–Trinajstić information content (AvgIpc) is 3.28. The third-order valence-corrected chi connectivity index (χ3v) is 6.26. The van der Waals surface area contributed by atoms with Gasteiger partial charge in [0.05, 0.1) is 29.7 Å². The summed E-state index contributed by atoms with van der Waals surface area (Å²) < 4.78 is 7.88. The number of benzene rings is 1. The van der Waals surface area contributed by atoms with Gasteiger partial charge in [0, 0.05) is 23.1 Å². The first-order valence-corrected chi connectivity index (χ1v) is 10.1. The minimum atomic E-state index is -0.974. The van der Waals surface area contributed by atoms with Gasteiger partial charge in [-0.1, -0.05) is 6.92 Å². The van der Waals surface area contributed by atoms with E-state index >= 15 is 0 Å². The Labute approximate surface area is 178 Å². The Kier molecular flexibility index (Phi) is 4.45. The summed E-state index contributed by atoms with van der Waals surface area (Å²) in [4.78, 5) is 12.6. The van der Waals surface area contributed by atoms with Gasteiger partial charge in [0.15, 0.2) is 0 Å². The van der Waals surface area contributed by atoms with Crippen molar-refractivity contribution in [3.05, 3.63) is 48.9 Å². The number of aromatic nitrogens is 4. The third-order valence-electron chi connectivity index (χ3n) is 6.26. The molecule has 0 spiro atoms. The summed E-state index contributed by atoms with van der Waals surface area (Å²) in [6, 6.07) is 10.7. The molecular formula is C22H24N6O3. The Hall–Kier alpha value is -3.43. The van der Waals surface area contributed by atoms with Gasteiger partial charge in [0.2, 0.25) is 0 Å². The summed E-state index contributed by atoms with van der Waals surface area (Å²) >= 11 is 0. The lowest BCUT2D eigenvalue weighted by atomic mass is 9.87. The topological polar surface area (TPSA) is 145 Å². The Morgan fingerprint density at radius 3 is 2.81 bits per heavy atom. The van der Waals surface area contributed by atoms with Crippen molar-refractivity contribution in [1.29, 1.82) is 0 Å². The fourth-order valence-corrected chi connectivity index (χ4v) is 4.46. The predicted octanol–water partition coefficient (Wildman–Crippen LogP) is 1.90. The van der Waals surface area contributed by atoms with Crippen molar-refractivity contribution in [1.82, 2.24) is 19.5 Å². The maximum atomic E-state index is 10.9. The molecule has 0 aliphatic heterocycles. The highest BCUT2D eigenvalue weighted by Gasteiger charge is 2.51. The van der Waals surface area contributed by atoms with Crippen LogP contribution in [0.2, 0.25) is 0 Å². The standard InChI is InChI=1S/C22H24N6O3/c1-22(10-31-13-4-2-12-3-5-17(23)27-15(12)8-13)9-16(18(29)19(22)30)28-7-6-14-20(24)25-11-26-21(14)28/h2-8,11,16,18-19,29-30H,9-10H2,1H3,(H2,23,27)(H2,24,25,26)/t16-,18+,19+,22+/m1/s1. The summed E-state index contributed by atoms with van der Waals surface area (Å²) in [5.41, 5.74) is 12.4. The Morgan fingerprint density at radius 1 is 1.16 bits per heavy atom. The summed E-state index contributed by atoms with van der Waals surface area (Å²) in [6.07, 6.45) is 1.78. The number of anilines is 2. The number of hydrogen-bond acceptors (Lipinski definition) is 8. The molecule has 3 heterocycles. The van der Waals surface area contributed by atoms with Crippen molar-refractivity contribution in [2.75, 3.05) is 18.1 Å². The smallest absolute Gasteiger partial charge is 0.145 e. The first-order valence-electron chi connectivity index (χ1n) is 10.1. The van der Waals surface area contributed by atoms with Crippen molar-refractivity contribution < 1.29 is 14.9 Å². The van der Waals surface area contributed by atoms with Crippen molar-refractivity contribution in [3.8, 4) is 5.75 Å². The van der Waals surface area contributed by atoms with E-state index in [1.54, 1.807) is 6.07 Å². The second-order valence-corrected chi connectivity index (χ2v) is 8.46. The average molecular weight is 420 g/mol. The molecule has 6 N–H and O–H groups in total. The summed E-state index contributed by atoms with van der Waals surface area (Å²) in [5, 5.41) is 23.4. The molecule has 4 aromatic rings. The number of hydrogen-bond donors (Lipinski definition) is 4. The molecule has 1 aliphatic rings. The number of aliphatic hydroxyl groups is 2. The molecule has 5 rings (SSSR count). The van der Waals surface area contributed by atoms with Crippen molar-refractivity contribution >= 4 is 33.6 Å². The minimum absolute atomic E-state index is 0.228. The van der Waals surface area contributed by atoms with Crippen LogP contribution in [0.25, 0.3) is 21.9 Å². The lowest BCUT2D eigenvalue weighted by Crippen LogP contribution is -2.38. The molecule has 31 heavy (non-hydrogen) atoms. The maximum absolute atomic E-state index is 10.9. The Bertz CT molecular complexity index is 1270. The largest absolute Gasteiger partial charge is 0.493 e. The summed E-state index contributed by atoms with van der Waals surface area (Å²) in [5.74, 6) is 1.45. The number of pyridine rings is 1. The number of rotatable bonds is 4. The number of fused-ring (bicyclic) bond motifs is 2. The first kappa shape index (κ1) is 19.5. The van der Waals surface area contributed by atoms with Crippen LogP contribution in [0.15, 0.2) is 48.9 Å². The first-order chi connectivity index (χ1) is 14.9. The van der Waals surface area contributed by atoms with Gasteiger partial charge in [-0.2, -0.15) is 0 Å². The summed E-state index contributed by atoms with van der Waals surface area (Å²) in [7, 11) is 0. The third kappa shape index (κ3) is 3.22. The number of nitrogens with two attached hydrogens (primary N) is 2. The predicted molar refractivity (Wildman–Crippen MR) is 117 cm³/mol. The number of ether oxygens (including phenoxy) is 1. The van der Waals surface area contributed by atoms with Crippen LogP contribution >= 0.6 is 0 Å². The Balaban J connectivity index is 1.39. The van der Waals surface area contributed by atoms with Gasteiger partial charge < -0.3 is 31.0 Å². The lowest BCUT2D eigenvalue weighted by molar-refractivity contribution is -0.0364. The van der Waals surface area contributed by atoms with Crippen LogP contribution in [-0.2, 0) is 0 Å². The molecule has 1 saturated carbocycles. The van der Waals surface area contributed by atoms with Crippen LogP contribution < -0.4 is 16.2 Å². The SMILES string of the molecule is C[C@@]1(COc2ccc3ccc(N)nc3c2)C[C@@H](n2ccc3c(N)ncnc32)[C@H](O)[C@@H]1O. The van der Waals surface area contributed by atoms with E-state index in [0.29, 0.717) is 29.5 Å². The van der Waals surface area contributed by atoms with Crippen molar-refractivity contribution in [2.24, 2.45) is 5.41 Å². The zero-order valence-electron chi connectivity index (χ0n) is 17.0. The van der Waals surface area contributed by atoms with Crippen molar-refractivity contribution in [2.45, 2.75) is 31.6 Å². The Morgan fingerprint density at radius 2 is 1.97 bits per heavy atom. The van der Waals surface area contributed by atoms with Gasteiger partial charge in [0.1, 0.15) is 35.5 Å². The van der Waals surface area contributed by atoms with E-state index < -0.39 is 17.6 Å². The quantitative estimate of drug-likeness (QED) is 0.392. The van der Waals surface area contributed by atoms with E-state index in [-0.39, 0.29) is 12.6 Å². The molecule has 9 nitrogen and oxygen atoms in total. The maximum Gasteiger partial charge on any atom is 0.145 e. The van der Waals surface area contributed by atoms with E-state index in [2.05, 4.69) is 15.0 Å². The van der Waals surface area contributed by atoms with Gasteiger partial charge >= 0.3 is 0 Å². The molecule has 9 heteroatoms. The van der Waals surface area contributed by atoms with Gasteiger partial charge in [-0.05, 0) is 36.8 Å². The van der Waals surface area contributed by atoms with E-state index in [1.165, 1.54) is 6.33 Å². The van der Waals surface area contributed by atoms with E-state index in [9.17, 15) is 10.2 Å². The second-order valence-electron chi connectivity index (χ2n) is 8.46. The fourth-order valence-electron chi connectivity index (χ4n) is 4.46. The number of nitrogens with zero attached hydrogens (tertiary/aromatic N) is 4. The molecule has 4 atom stereocenters. The monoisotopic (exact) mass is 420 g/mol. The highest BCUT2D eigenvalue weighted by molar-refractivity contribution is 5.86. The van der Waals surface area contributed by atoms with Crippen LogP contribution in [0.1, 0.15) is 19.4 Å². The molecule has 0 amide bonds. The highest BCUT2D eigenvalue weighted by Crippen LogP contribution is 2.45. The molecule has 1 aliphatic carbocycles. The van der Waals surface area contributed by atoms with E-state index in [1.807, 2.05) is 48.0 Å². The fraction of sp³-hybridized carbons (Fsp3) is 0.318. The lowest BCUT2D eigenvalue weighted by Gasteiger charge is -2.28. The number of nitrogen functional groups attached to an aromatic ring is 2. The molecule has 1 aromatic carbocycles. The van der Waals surface area contributed by atoms with Crippen molar-refractivity contribution in [3.63, 3.8) is 0 Å². The van der Waals surface area contributed by atoms with Gasteiger partial charge in [0.25, 0.3) is 0 Å². The van der Waals surface area contributed by atoms with Crippen LogP contribution in [0.3, 0.4) is 0 Å². The normalized spacial score (nSPS) is 26.0. The number of aliphatic hydroxyl groups excluding tert-OH is 2. The van der Waals surface area contributed by atoms with E-state index in [4.69, 9.17) is 16.2 Å². The molecule has 160 valence electrons. The molecule has 1 fully saturated rings. The van der Waals surface area contributed by atoms with Crippen LogP contribution in [0, 0.1) is 5.41 Å². The molecule has 3 aromatic heterocycles. The zero-order chi connectivity index (χ0) is 21.8. The molecular weight excluding hydrogens is 396 g/mol. The zero-order valence-corrected chi connectivity index (χ0v) is 17.0. The van der Waals surface area contributed by atoms with Gasteiger partial charge in [-0.25, -0.2) is 15.0 Å². The van der Waals surface area contributed by atoms with Crippen LogP contribution in [-0.4, -0.2) is 48.5 Å². The van der Waals surface area contributed by atoms with E-state index in [0.717, 1.165) is 16.3 Å². The minimum Gasteiger partial charge on any atom is -0.493 e. The van der Waals surface area contributed by atoms with Crippen LogP contribution in [0.5, 0.6) is 5.75 Å². The molecule has 0 radical (unpaired) electrons. The summed E-state index contributed by atoms with van der Waals surface area (Å²) in [6.45, 7) is 2.14. The van der Waals surface area contributed by atoms with Gasteiger partial charge in [-0.3, -0.25) is 0 Å². The van der Waals surface area contributed by atoms with Gasteiger partial charge in [-0.15, -0.1) is 0 Å². The molecule has 0 saturated heterocycles. The molecule has 0 bridgehead atoms. The second kappa shape index (κ2) is 7.07. The van der Waals surface area contributed by atoms with Crippen LogP contribution in [0.4, 0.5) is 11.6 Å². The molecule has 0 unspecified atom stereocenters. The highest BCUT2D eigenvalue weighted by atomic mass is 16.5.